The van der Waals surface area contributed by atoms with Gasteiger partial charge in [-0.2, -0.15) is 0 Å². The van der Waals surface area contributed by atoms with Crippen molar-refractivity contribution in [3.63, 3.8) is 0 Å². The molecular formula is C22H28N3Na2O9P. The summed E-state index contributed by atoms with van der Waals surface area (Å²) in [5.41, 5.74) is 0.835. The van der Waals surface area contributed by atoms with Gasteiger partial charge >= 0.3 is 64.8 Å². The molecule has 1 aliphatic heterocycles. The molecule has 37 heavy (non-hydrogen) atoms. The molecule has 15 heteroatoms. The zero-order valence-corrected chi connectivity index (χ0v) is 26.5. The van der Waals surface area contributed by atoms with Crippen LogP contribution in [0.2, 0.25) is 0 Å². The van der Waals surface area contributed by atoms with E-state index in [-0.39, 0.29) is 71.1 Å². The molecule has 1 aliphatic rings. The molecule has 4 atom stereocenters. The molecular weight excluding hydrogens is 527 g/mol. The molecule has 1 aromatic carbocycles. The molecule has 0 aliphatic carbocycles. The van der Waals surface area contributed by atoms with Crippen LogP contribution >= 0.6 is 7.82 Å². The summed E-state index contributed by atoms with van der Waals surface area (Å²) in [6, 6.07) is 5.60. The van der Waals surface area contributed by atoms with Crippen LogP contribution in [0.25, 0.3) is 0 Å². The molecule has 2 heterocycles. The molecule has 0 saturated carbocycles. The minimum absolute atomic E-state index is 0. The summed E-state index contributed by atoms with van der Waals surface area (Å²) in [7, 11) is -5.13. The standard InChI is InChI=1S/C22H30N3O9P.2Na/c1-4-14-7-6-8-15(5-2)20(14)23-18(27)11-25-21(28)13(3)10-24(22(25)29)19-9-16(17(12-26)33-19)34-35(30,31)32;;/h6-8,10,16-17,19,26H,4-5,9,11-12H2,1-3H3,(H,23,27)(H2,30,31,32);;/q;2*+1/p-2/t16-,17+,19+;;/m0../s1. The van der Waals surface area contributed by atoms with Crippen molar-refractivity contribution in [2.75, 3.05) is 6.61 Å². The van der Waals surface area contributed by atoms with Gasteiger partial charge in [-0.3, -0.25) is 23.5 Å². The first-order valence-corrected chi connectivity index (χ1v) is 12.6. The van der Waals surface area contributed by atoms with Gasteiger partial charge in [-0.1, -0.05) is 32.0 Å². The van der Waals surface area contributed by atoms with Gasteiger partial charge in [0.15, 0.2) is 0 Å². The van der Waals surface area contributed by atoms with E-state index in [2.05, 4.69) is 9.52 Å². The first-order chi connectivity index (χ1) is 16.5. The Morgan fingerprint density at radius 3 is 2.35 bits per heavy atom. The Morgan fingerprint density at radius 1 is 1.24 bits per heavy atom. The van der Waals surface area contributed by atoms with E-state index in [1.165, 1.54) is 13.1 Å². The largest absolute Gasteiger partial charge is 1.00 e. The molecule has 0 spiro atoms. The third kappa shape index (κ3) is 8.44. The van der Waals surface area contributed by atoms with Crippen molar-refractivity contribution >= 4 is 19.4 Å². The number of aliphatic imine (C=N–C) groups is 1. The zero-order valence-electron chi connectivity index (χ0n) is 21.6. The van der Waals surface area contributed by atoms with E-state index in [4.69, 9.17) is 9.63 Å². The van der Waals surface area contributed by atoms with E-state index < -0.39 is 56.6 Å². The maximum absolute atomic E-state index is 13.1. The van der Waals surface area contributed by atoms with Gasteiger partial charge in [0.05, 0.1) is 24.9 Å². The quantitative estimate of drug-likeness (QED) is 0.132. The third-order valence-electron chi connectivity index (χ3n) is 5.80. The Balaban J connectivity index is 0.00000342. The number of nitrogens with zero attached hydrogens (tertiary/aromatic N) is 3. The average Bonchev–Trinajstić information content (AvgIpc) is 3.19. The SMILES string of the molecule is CCc1cccc(CC)c1N=C([O-])Cn1c(=O)c(C)cn([C@H]2C[C@H](OP(=O)([O-])O)[C@@H](CO)O2)c1=O.[Na+].[Na+]. The number of ether oxygens (including phenoxy) is 1. The van der Waals surface area contributed by atoms with Crippen molar-refractivity contribution < 1.29 is 92.9 Å². The zero-order chi connectivity index (χ0) is 25.9. The molecule has 3 rings (SSSR count). The molecule has 1 fully saturated rings. The average molecular weight is 555 g/mol. The van der Waals surface area contributed by atoms with E-state index in [0.717, 1.165) is 20.3 Å². The summed E-state index contributed by atoms with van der Waals surface area (Å²) in [5, 5.41) is 22.3. The van der Waals surface area contributed by atoms with E-state index >= 15 is 0 Å². The Kier molecular flexibility index (Phi) is 13.7. The number of aliphatic hydroxyl groups is 1. The summed E-state index contributed by atoms with van der Waals surface area (Å²) in [4.78, 5) is 50.2. The van der Waals surface area contributed by atoms with Crippen molar-refractivity contribution in [3.8, 4) is 0 Å². The van der Waals surface area contributed by atoms with Gasteiger partial charge in [0.1, 0.15) is 12.3 Å². The number of hydrogen-bond acceptors (Lipinski definition) is 9. The number of phosphoric acid groups is 1. The second-order valence-electron chi connectivity index (χ2n) is 8.19. The maximum atomic E-state index is 13.1. The first kappa shape index (κ1) is 34.4. The van der Waals surface area contributed by atoms with Crippen LogP contribution in [0.15, 0.2) is 39.0 Å². The van der Waals surface area contributed by atoms with Crippen LogP contribution in [-0.4, -0.2) is 43.8 Å². The molecule has 12 nitrogen and oxygen atoms in total. The number of para-hydroxylation sites is 1. The van der Waals surface area contributed by atoms with Gasteiger partial charge in [-0.25, -0.2) is 4.79 Å². The van der Waals surface area contributed by atoms with Gasteiger partial charge in [0, 0.05) is 18.2 Å². The Hall–Kier alpha value is -0.600. The van der Waals surface area contributed by atoms with Crippen molar-refractivity contribution in [2.45, 2.75) is 65.0 Å². The molecule has 1 aromatic heterocycles. The monoisotopic (exact) mass is 555 g/mol. The number of phosphoric ester groups is 1. The molecule has 0 amide bonds. The molecule has 0 bridgehead atoms. The summed E-state index contributed by atoms with van der Waals surface area (Å²) < 4.78 is 23.0. The minimum atomic E-state index is -5.13. The summed E-state index contributed by atoms with van der Waals surface area (Å²) >= 11 is 0. The fraction of sp³-hybridized carbons (Fsp3) is 0.500. The predicted octanol–water partition coefficient (Wildman–Crippen LogP) is -6.33. The van der Waals surface area contributed by atoms with Gasteiger partial charge in [0.2, 0.25) is 0 Å². The van der Waals surface area contributed by atoms with Crippen LogP contribution in [0.4, 0.5) is 5.69 Å². The Bertz CT molecular complexity index is 1250. The molecule has 2 N–H and O–H groups in total. The summed E-state index contributed by atoms with van der Waals surface area (Å²) in [5.74, 6) is -0.689. The van der Waals surface area contributed by atoms with E-state index in [0.29, 0.717) is 18.5 Å². The normalized spacial score (nSPS) is 21.1. The van der Waals surface area contributed by atoms with Crippen LogP contribution in [0.1, 0.15) is 43.2 Å². The van der Waals surface area contributed by atoms with Gasteiger partial charge in [0.25, 0.3) is 13.4 Å². The van der Waals surface area contributed by atoms with Crippen molar-refractivity contribution in [1.82, 2.24) is 9.13 Å². The smallest absolute Gasteiger partial charge is 0.860 e. The van der Waals surface area contributed by atoms with Crippen LogP contribution in [0.3, 0.4) is 0 Å². The van der Waals surface area contributed by atoms with Crippen molar-refractivity contribution in [3.05, 3.63) is 61.9 Å². The van der Waals surface area contributed by atoms with E-state index in [1.807, 2.05) is 32.0 Å². The molecule has 1 saturated heterocycles. The minimum Gasteiger partial charge on any atom is -0.860 e. The number of aromatic nitrogens is 2. The van der Waals surface area contributed by atoms with E-state index in [1.54, 1.807) is 0 Å². The summed E-state index contributed by atoms with van der Waals surface area (Å²) in [6.45, 7) is 4.07. The number of aliphatic hydroxyl groups excluding tert-OH is 1. The number of benzene rings is 1. The number of aryl methyl sites for hydroxylation is 3. The van der Waals surface area contributed by atoms with Gasteiger partial charge in [-0.15, -0.1) is 0 Å². The Labute approximate surface area is 258 Å². The molecule has 2 aromatic rings. The van der Waals surface area contributed by atoms with Crippen LogP contribution in [-0.2, 0) is 33.2 Å². The van der Waals surface area contributed by atoms with Crippen molar-refractivity contribution in [1.29, 1.82) is 0 Å². The second-order valence-corrected chi connectivity index (χ2v) is 9.34. The predicted molar refractivity (Wildman–Crippen MR) is 122 cm³/mol. The fourth-order valence-corrected chi connectivity index (χ4v) is 4.64. The topological polar surface area (TPSA) is 178 Å². The van der Waals surface area contributed by atoms with Gasteiger partial charge < -0.3 is 29.3 Å². The van der Waals surface area contributed by atoms with E-state index in [9.17, 15) is 29.3 Å². The van der Waals surface area contributed by atoms with Crippen LogP contribution in [0, 0.1) is 6.92 Å². The van der Waals surface area contributed by atoms with Crippen LogP contribution < -0.4 is 80.4 Å². The molecule has 192 valence electrons. The second kappa shape index (κ2) is 14.7. The van der Waals surface area contributed by atoms with Crippen LogP contribution in [0.5, 0.6) is 0 Å². The Morgan fingerprint density at radius 2 is 1.84 bits per heavy atom. The maximum Gasteiger partial charge on any atom is 1.00 e. The first-order valence-electron chi connectivity index (χ1n) is 11.1. The number of hydrogen-bond donors (Lipinski definition) is 2. The fourth-order valence-electron chi connectivity index (χ4n) is 4.08. The number of rotatable bonds is 9. The summed E-state index contributed by atoms with van der Waals surface area (Å²) in [6.07, 6.45) is -1.19. The molecule has 0 radical (unpaired) electrons. The van der Waals surface area contributed by atoms with Gasteiger partial charge in [-0.05, 0) is 36.8 Å². The third-order valence-corrected chi connectivity index (χ3v) is 6.34. The molecule has 1 unspecified atom stereocenters. The van der Waals surface area contributed by atoms with Crippen molar-refractivity contribution in [2.24, 2.45) is 4.99 Å².